The molecule has 2 aromatic rings. The van der Waals surface area contributed by atoms with Gasteiger partial charge in [0, 0.05) is 37.8 Å². The number of thioether (sulfide) groups is 1. The minimum atomic E-state index is 0.0594. The molecule has 1 saturated heterocycles. The second-order valence-electron chi connectivity index (χ2n) is 6.36. The van der Waals surface area contributed by atoms with Crippen LogP contribution in [0.15, 0.2) is 46.5 Å². The Balaban J connectivity index is 1.66. The number of carbonyl (C=O) groups excluding carboxylic acids is 1. The van der Waals surface area contributed by atoms with Gasteiger partial charge in [0.05, 0.1) is 18.4 Å². The van der Waals surface area contributed by atoms with Crippen LogP contribution in [-0.4, -0.2) is 59.0 Å². The number of piperazine rings is 1. The fourth-order valence-corrected chi connectivity index (χ4v) is 3.41. The third kappa shape index (κ3) is 4.82. The summed E-state index contributed by atoms with van der Waals surface area (Å²) in [6.45, 7) is 5.06. The topological polar surface area (TPSA) is 65.8 Å². The smallest absolute Gasteiger partial charge is 0.246 e. The van der Waals surface area contributed by atoms with Gasteiger partial charge < -0.3 is 15.1 Å². The van der Waals surface area contributed by atoms with Crippen LogP contribution >= 0.6 is 11.8 Å². The molecule has 1 aliphatic rings. The van der Waals surface area contributed by atoms with Gasteiger partial charge >= 0.3 is 0 Å². The fraction of sp³-hybridized carbons (Fsp3) is 0.421. The Morgan fingerprint density at radius 1 is 1.30 bits per heavy atom. The highest BCUT2D eigenvalue weighted by Crippen LogP contribution is 2.17. The van der Waals surface area contributed by atoms with Crippen LogP contribution in [0.3, 0.4) is 0 Å². The van der Waals surface area contributed by atoms with E-state index in [4.69, 9.17) is 4.99 Å². The van der Waals surface area contributed by atoms with Crippen LogP contribution in [0.5, 0.6) is 0 Å². The summed E-state index contributed by atoms with van der Waals surface area (Å²) in [7, 11) is 1.85. The maximum Gasteiger partial charge on any atom is 0.246 e. The Hall–Kier alpha value is -2.48. The van der Waals surface area contributed by atoms with Crippen LogP contribution in [0.4, 0.5) is 5.69 Å². The lowest BCUT2D eigenvalue weighted by Gasteiger charge is -2.35. The molecule has 1 aromatic heterocycles. The van der Waals surface area contributed by atoms with E-state index < -0.39 is 0 Å². The minimum absolute atomic E-state index is 0.0594. The molecule has 0 saturated carbocycles. The van der Waals surface area contributed by atoms with Gasteiger partial charge in [-0.2, -0.15) is 5.10 Å². The molecule has 1 aliphatic heterocycles. The highest BCUT2D eigenvalue weighted by molar-refractivity contribution is 7.98. The van der Waals surface area contributed by atoms with Gasteiger partial charge in [0.25, 0.3) is 0 Å². The first-order valence-electron chi connectivity index (χ1n) is 9.06. The number of nitrogens with zero attached hydrogens (tertiary/aromatic N) is 5. The number of rotatable bonds is 5. The predicted molar refractivity (Wildman–Crippen MR) is 110 cm³/mol. The Morgan fingerprint density at radius 3 is 2.67 bits per heavy atom. The van der Waals surface area contributed by atoms with E-state index >= 15 is 0 Å². The molecule has 1 fully saturated rings. The van der Waals surface area contributed by atoms with Crippen molar-refractivity contribution in [3.63, 3.8) is 0 Å². The predicted octanol–water partition coefficient (Wildman–Crippen LogP) is 1.96. The number of benzene rings is 1. The maximum atomic E-state index is 12.6. The highest BCUT2D eigenvalue weighted by Gasteiger charge is 2.27. The van der Waals surface area contributed by atoms with E-state index in [2.05, 4.69) is 40.9 Å². The maximum absolute atomic E-state index is 12.6. The number of anilines is 1. The molecule has 2 heterocycles. The number of aromatic nitrogens is 2. The van der Waals surface area contributed by atoms with Crippen LogP contribution < -0.4 is 10.2 Å². The van der Waals surface area contributed by atoms with Crippen LogP contribution in [-0.2, 0) is 18.4 Å². The van der Waals surface area contributed by atoms with Crippen molar-refractivity contribution in [1.29, 1.82) is 0 Å². The number of hydrogen-bond acceptors (Lipinski definition) is 4. The Kier molecular flexibility index (Phi) is 6.39. The van der Waals surface area contributed by atoms with Crippen molar-refractivity contribution in [2.24, 2.45) is 12.0 Å². The van der Waals surface area contributed by atoms with Crippen LogP contribution in [0.25, 0.3) is 0 Å². The molecule has 0 spiro atoms. The van der Waals surface area contributed by atoms with Gasteiger partial charge in [-0.1, -0.05) is 12.1 Å². The summed E-state index contributed by atoms with van der Waals surface area (Å²) in [6, 6.07) is 8.42. The summed E-state index contributed by atoms with van der Waals surface area (Å²) in [5.74, 6) is 0.842. The van der Waals surface area contributed by atoms with Crippen molar-refractivity contribution in [3.05, 3.63) is 42.2 Å². The molecular formula is C19H26N6OS. The van der Waals surface area contributed by atoms with Crippen molar-refractivity contribution >= 4 is 29.3 Å². The molecule has 7 nitrogen and oxygen atoms in total. The molecule has 1 N–H and O–H groups in total. The van der Waals surface area contributed by atoms with E-state index in [0.29, 0.717) is 19.6 Å². The lowest BCUT2D eigenvalue weighted by molar-refractivity contribution is -0.120. The summed E-state index contributed by atoms with van der Waals surface area (Å²) in [5.41, 5.74) is 2.00. The number of amides is 1. The van der Waals surface area contributed by atoms with Crippen molar-refractivity contribution in [3.8, 4) is 0 Å². The molecule has 1 amide bonds. The standard InChI is InChI=1S/C19H26N6OS/c1-4-20-19(21-11-15-5-7-17(27-3)8-6-15)24-9-10-25(18(26)14-24)16-12-22-23(2)13-16/h5-8,12-13H,4,9-11,14H2,1-3H3,(H,20,21). The monoisotopic (exact) mass is 386 g/mol. The van der Waals surface area contributed by atoms with Gasteiger partial charge in [-0.25, -0.2) is 4.99 Å². The van der Waals surface area contributed by atoms with Gasteiger partial charge in [-0.05, 0) is 30.9 Å². The highest BCUT2D eigenvalue weighted by atomic mass is 32.2. The summed E-state index contributed by atoms with van der Waals surface area (Å²) in [6.07, 6.45) is 5.66. The SMILES string of the molecule is CCNC(=NCc1ccc(SC)cc1)N1CCN(c2cnn(C)c2)C(=O)C1. The molecule has 1 aromatic carbocycles. The van der Waals surface area contributed by atoms with Gasteiger partial charge in [-0.3, -0.25) is 9.48 Å². The molecule has 144 valence electrons. The largest absolute Gasteiger partial charge is 0.356 e. The average Bonchev–Trinajstić information content (AvgIpc) is 3.11. The van der Waals surface area contributed by atoms with E-state index in [-0.39, 0.29) is 5.91 Å². The van der Waals surface area contributed by atoms with Crippen LogP contribution in [0.1, 0.15) is 12.5 Å². The molecular weight excluding hydrogens is 360 g/mol. The molecule has 0 unspecified atom stereocenters. The third-order valence-electron chi connectivity index (χ3n) is 4.43. The van der Waals surface area contributed by atoms with E-state index in [9.17, 15) is 4.79 Å². The van der Waals surface area contributed by atoms with Crippen molar-refractivity contribution in [2.75, 3.05) is 37.3 Å². The molecule has 27 heavy (non-hydrogen) atoms. The number of carbonyl (C=O) groups is 1. The quantitative estimate of drug-likeness (QED) is 0.483. The van der Waals surface area contributed by atoms with Gasteiger partial charge in [0.2, 0.25) is 5.91 Å². The van der Waals surface area contributed by atoms with Crippen molar-refractivity contribution < 1.29 is 4.79 Å². The van der Waals surface area contributed by atoms with E-state index in [1.165, 1.54) is 4.90 Å². The first kappa shape index (κ1) is 19.3. The molecule has 3 rings (SSSR count). The van der Waals surface area contributed by atoms with Crippen molar-refractivity contribution in [1.82, 2.24) is 20.0 Å². The number of nitrogens with one attached hydrogen (secondary N) is 1. The minimum Gasteiger partial charge on any atom is -0.356 e. The first-order valence-corrected chi connectivity index (χ1v) is 10.3. The van der Waals surface area contributed by atoms with Crippen molar-refractivity contribution in [2.45, 2.75) is 18.4 Å². The summed E-state index contributed by atoms with van der Waals surface area (Å²) in [4.78, 5) is 22.4. The Bertz CT molecular complexity index is 801. The van der Waals surface area contributed by atoms with E-state index in [0.717, 1.165) is 30.3 Å². The zero-order chi connectivity index (χ0) is 19.2. The normalized spacial score (nSPS) is 15.4. The first-order chi connectivity index (χ1) is 13.1. The van der Waals surface area contributed by atoms with Crippen LogP contribution in [0.2, 0.25) is 0 Å². The molecule has 0 aliphatic carbocycles. The second-order valence-corrected chi connectivity index (χ2v) is 7.24. The molecule has 0 radical (unpaired) electrons. The molecule has 0 bridgehead atoms. The number of hydrogen-bond donors (Lipinski definition) is 1. The van der Waals surface area contributed by atoms with Gasteiger partial charge in [-0.15, -0.1) is 11.8 Å². The average molecular weight is 387 g/mol. The summed E-state index contributed by atoms with van der Waals surface area (Å²) < 4.78 is 1.71. The van der Waals surface area contributed by atoms with Gasteiger partial charge in [0.1, 0.15) is 6.54 Å². The number of aryl methyl sites for hydroxylation is 1. The Morgan fingerprint density at radius 2 is 2.07 bits per heavy atom. The second kappa shape index (κ2) is 8.94. The number of guanidine groups is 1. The van der Waals surface area contributed by atoms with E-state index in [1.54, 1.807) is 27.5 Å². The Labute approximate surface area is 164 Å². The lowest BCUT2D eigenvalue weighted by Crippen LogP contribution is -2.55. The fourth-order valence-electron chi connectivity index (χ4n) is 3.00. The molecule has 0 atom stereocenters. The zero-order valence-electron chi connectivity index (χ0n) is 16.1. The third-order valence-corrected chi connectivity index (χ3v) is 5.17. The van der Waals surface area contributed by atoms with Crippen LogP contribution in [0, 0.1) is 0 Å². The zero-order valence-corrected chi connectivity index (χ0v) is 16.9. The molecule has 8 heteroatoms. The summed E-state index contributed by atoms with van der Waals surface area (Å²) >= 11 is 1.73. The van der Waals surface area contributed by atoms with Gasteiger partial charge in [0.15, 0.2) is 5.96 Å². The van der Waals surface area contributed by atoms with E-state index in [1.807, 2.05) is 25.1 Å². The lowest BCUT2D eigenvalue weighted by atomic mass is 10.2. The number of aliphatic imine (C=N–C) groups is 1. The summed E-state index contributed by atoms with van der Waals surface area (Å²) in [5, 5.41) is 7.47.